The molecule has 0 aliphatic carbocycles. The van der Waals surface area contributed by atoms with Gasteiger partial charge in [-0.3, -0.25) is 19.2 Å². The van der Waals surface area contributed by atoms with Crippen molar-refractivity contribution in [2.24, 2.45) is 17.8 Å². The quantitative estimate of drug-likeness (QED) is 0.172. The molecule has 12 nitrogen and oxygen atoms in total. The Morgan fingerprint density at radius 1 is 1.02 bits per heavy atom. The highest BCUT2D eigenvalue weighted by Crippen LogP contribution is 2.30. The lowest BCUT2D eigenvalue weighted by molar-refractivity contribution is -0.148. The molecule has 50 heavy (non-hydrogen) atoms. The molecule has 9 atom stereocenters. The second-order valence-corrected chi connectivity index (χ2v) is 14.8. The number of benzene rings is 1. The summed E-state index contributed by atoms with van der Waals surface area (Å²) in [6.07, 6.45) is 0.138. The van der Waals surface area contributed by atoms with Crippen LogP contribution in [0.1, 0.15) is 92.7 Å². The molecular weight excluding hydrogens is 638 g/mol. The van der Waals surface area contributed by atoms with Crippen molar-refractivity contribution in [3.05, 3.63) is 35.9 Å². The number of nitrogens with one attached hydrogen (secondary N) is 3. The van der Waals surface area contributed by atoms with Crippen LogP contribution in [0.15, 0.2) is 30.3 Å². The minimum Gasteiger partial charge on any atom is -0.386 e. The Morgan fingerprint density at radius 3 is 2.16 bits per heavy atom. The number of aliphatic hydroxyl groups is 1. The molecule has 2 rings (SSSR count). The molecule has 0 spiro atoms. The largest absolute Gasteiger partial charge is 0.386 e. The first-order chi connectivity index (χ1) is 23.5. The van der Waals surface area contributed by atoms with Crippen molar-refractivity contribution in [2.45, 2.75) is 129 Å². The molecule has 284 valence electrons. The van der Waals surface area contributed by atoms with Crippen LogP contribution in [0.2, 0.25) is 0 Å². The van der Waals surface area contributed by atoms with Gasteiger partial charge in [-0.2, -0.15) is 0 Å². The zero-order chi connectivity index (χ0) is 37.9. The number of hydrogen-bond acceptors (Lipinski definition) is 8. The first-order valence-electron chi connectivity index (χ1n) is 18.1. The lowest BCUT2D eigenvalue weighted by Gasteiger charge is -2.41. The van der Waals surface area contributed by atoms with Gasteiger partial charge in [0.05, 0.1) is 54.3 Å². The summed E-state index contributed by atoms with van der Waals surface area (Å²) in [5.41, 5.74) is -0.155. The number of likely N-dealkylation sites (N-methyl/N-ethyl adjacent to an activating group) is 2. The van der Waals surface area contributed by atoms with Gasteiger partial charge in [0, 0.05) is 27.8 Å². The molecule has 0 radical (unpaired) electrons. The lowest BCUT2D eigenvalue weighted by atomic mass is 9.89. The maximum absolute atomic E-state index is 14.1. The van der Waals surface area contributed by atoms with E-state index < -0.39 is 47.9 Å². The summed E-state index contributed by atoms with van der Waals surface area (Å²) in [5.74, 6) is -1.73. The molecule has 4 N–H and O–H groups in total. The molecule has 1 saturated heterocycles. The highest BCUT2D eigenvalue weighted by Gasteiger charge is 2.43. The Kier molecular flexibility index (Phi) is 16.8. The average molecular weight is 704 g/mol. The third-order valence-corrected chi connectivity index (χ3v) is 10.7. The molecule has 1 aliphatic rings. The number of likely N-dealkylation sites (tertiary alicyclic amines) is 1. The molecule has 1 aromatic rings. The highest BCUT2D eigenvalue weighted by molar-refractivity contribution is 5.92. The van der Waals surface area contributed by atoms with Gasteiger partial charge >= 0.3 is 0 Å². The minimum absolute atomic E-state index is 0.0167. The van der Waals surface area contributed by atoms with E-state index in [2.05, 4.69) is 16.0 Å². The lowest BCUT2D eigenvalue weighted by Crippen LogP contribution is -2.61. The van der Waals surface area contributed by atoms with Gasteiger partial charge in [-0.25, -0.2) is 0 Å². The van der Waals surface area contributed by atoms with Crippen molar-refractivity contribution in [2.75, 3.05) is 34.9 Å². The molecule has 1 aromatic carbocycles. The predicted octanol–water partition coefficient (Wildman–Crippen LogP) is 3.28. The van der Waals surface area contributed by atoms with Crippen LogP contribution in [0, 0.1) is 17.8 Å². The summed E-state index contributed by atoms with van der Waals surface area (Å²) in [5, 5.41) is 19.7. The number of hydrogen-bond donors (Lipinski definition) is 4. The van der Waals surface area contributed by atoms with Crippen LogP contribution in [-0.4, -0.2) is 115 Å². The van der Waals surface area contributed by atoms with Gasteiger partial charge in [0.2, 0.25) is 23.6 Å². The van der Waals surface area contributed by atoms with Gasteiger partial charge in [-0.1, -0.05) is 71.4 Å². The molecule has 0 bridgehead atoms. The Balaban J connectivity index is 2.24. The van der Waals surface area contributed by atoms with E-state index >= 15 is 0 Å². The normalized spacial score (nSPS) is 19.9. The molecule has 1 heterocycles. The Morgan fingerprint density at radius 2 is 1.64 bits per heavy atom. The van der Waals surface area contributed by atoms with E-state index in [1.54, 1.807) is 65.8 Å². The van der Waals surface area contributed by atoms with E-state index in [0.29, 0.717) is 18.5 Å². The first kappa shape index (κ1) is 43.1. The summed E-state index contributed by atoms with van der Waals surface area (Å²) in [7, 11) is 6.53. The molecular formula is C38H65N5O7. The fourth-order valence-corrected chi connectivity index (χ4v) is 6.85. The molecule has 12 heteroatoms. The number of carbonyl (C=O) groups is 4. The van der Waals surface area contributed by atoms with Gasteiger partial charge in [-0.15, -0.1) is 0 Å². The van der Waals surface area contributed by atoms with Crippen LogP contribution in [0.25, 0.3) is 0 Å². The topological polar surface area (TPSA) is 150 Å². The van der Waals surface area contributed by atoms with Gasteiger partial charge < -0.3 is 40.3 Å². The van der Waals surface area contributed by atoms with E-state index in [4.69, 9.17) is 9.47 Å². The number of rotatable bonds is 19. The third-order valence-electron chi connectivity index (χ3n) is 10.7. The molecule has 4 amide bonds. The van der Waals surface area contributed by atoms with Crippen LogP contribution < -0.4 is 16.0 Å². The van der Waals surface area contributed by atoms with Crippen molar-refractivity contribution in [1.29, 1.82) is 0 Å². The van der Waals surface area contributed by atoms with Crippen molar-refractivity contribution in [3.63, 3.8) is 0 Å². The van der Waals surface area contributed by atoms with Gasteiger partial charge in [0.1, 0.15) is 6.04 Å². The van der Waals surface area contributed by atoms with Crippen molar-refractivity contribution < 1.29 is 33.8 Å². The van der Waals surface area contributed by atoms with Crippen LogP contribution >= 0.6 is 0 Å². The first-order valence-corrected chi connectivity index (χ1v) is 18.1. The van der Waals surface area contributed by atoms with Crippen LogP contribution in [0.4, 0.5) is 0 Å². The molecule has 1 fully saturated rings. The number of amides is 4. The predicted molar refractivity (Wildman–Crippen MR) is 195 cm³/mol. The number of methoxy groups -OCH3 is 2. The van der Waals surface area contributed by atoms with Crippen LogP contribution in [0.3, 0.4) is 0 Å². The third kappa shape index (κ3) is 10.7. The summed E-state index contributed by atoms with van der Waals surface area (Å²) in [6.45, 7) is 15.4. The number of aliphatic hydroxyl groups excluding tert-OH is 1. The Hall–Kier alpha value is -3.06. The second kappa shape index (κ2) is 19.5. The summed E-state index contributed by atoms with van der Waals surface area (Å²) in [6, 6.07) is 7.09. The number of carbonyl (C=O) groups excluding carboxylic acids is 4. The molecule has 0 aromatic heterocycles. The van der Waals surface area contributed by atoms with Gasteiger partial charge in [-0.05, 0) is 58.1 Å². The fraction of sp³-hybridized carbons (Fsp3) is 0.737. The van der Waals surface area contributed by atoms with Crippen molar-refractivity contribution >= 4 is 23.6 Å². The van der Waals surface area contributed by atoms with Crippen LogP contribution in [-0.2, 0) is 28.7 Å². The average Bonchev–Trinajstić information content (AvgIpc) is 3.59. The number of nitrogens with zero attached hydrogens (tertiary/aromatic N) is 2. The minimum atomic E-state index is -0.875. The molecule has 0 unspecified atom stereocenters. The SMILES string of the molecule is CC[C@H](C)[C@@H]([C@@H](CC(=O)N1CCC[C@H]1[C@H](OC)[C@@H](C)C(=O)N[C@H](C)[C@@H](O)c1ccccc1)OC)N(C)C(=O)[C@@H](NC(=O)C(C)(C)NC)C(C)C. The smallest absolute Gasteiger partial charge is 0.245 e. The van der Waals surface area contributed by atoms with Crippen molar-refractivity contribution in [1.82, 2.24) is 25.8 Å². The van der Waals surface area contributed by atoms with Gasteiger partial charge in [0.25, 0.3) is 0 Å². The van der Waals surface area contributed by atoms with E-state index in [-0.39, 0.29) is 47.9 Å². The van der Waals surface area contributed by atoms with Crippen molar-refractivity contribution in [3.8, 4) is 0 Å². The van der Waals surface area contributed by atoms with Crippen LogP contribution in [0.5, 0.6) is 0 Å². The maximum Gasteiger partial charge on any atom is 0.245 e. The summed E-state index contributed by atoms with van der Waals surface area (Å²) >= 11 is 0. The summed E-state index contributed by atoms with van der Waals surface area (Å²) in [4.78, 5) is 58.1. The standard InChI is InChI=1S/C38H65N5O7/c1-13-24(4)32(42(10)36(47)31(23(2)3)41-37(48)38(7,8)39-9)29(49-11)22-30(44)43-21-17-20-28(43)34(50-12)25(5)35(46)40-26(6)33(45)27-18-15-14-16-19-27/h14-16,18-19,23-26,28-29,31-34,39,45H,13,17,20-22H2,1-12H3,(H,40,46)(H,41,48)/t24-,25+,26+,28-,29+,31-,32-,33+,34+/m0/s1. The van der Waals surface area contributed by atoms with E-state index in [9.17, 15) is 24.3 Å². The summed E-state index contributed by atoms with van der Waals surface area (Å²) < 4.78 is 11.9. The monoisotopic (exact) mass is 703 g/mol. The number of ether oxygens (including phenoxy) is 2. The highest BCUT2D eigenvalue weighted by atomic mass is 16.5. The molecule has 0 saturated carbocycles. The zero-order valence-corrected chi connectivity index (χ0v) is 32.5. The maximum atomic E-state index is 14.1. The zero-order valence-electron chi connectivity index (χ0n) is 32.5. The Labute approximate surface area is 300 Å². The molecule has 1 aliphatic heterocycles. The Bertz CT molecular complexity index is 1250. The van der Waals surface area contributed by atoms with Gasteiger partial charge in [0.15, 0.2) is 0 Å². The van der Waals surface area contributed by atoms with E-state index in [1.165, 1.54) is 0 Å². The van der Waals surface area contributed by atoms with E-state index in [0.717, 1.165) is 12.8 Å². The van der Waals surface area contributed by atoms with E-state index in [1.807, 2.05) is 58.0 Å². The second-order valence-electron chi connectivity index (χ2n) is 14.8. The fourth-order valence-electron chi connectivity index (χ4n) is 6.85.